The predicted octanol–water partition coefficient (Wildman–Crippen LogP) is 4.28. The highest BCUT2D eigenvalue weighted by Gasteiger charge is 2.52. The fourth-order valence-corrected chi connectivity index (χ4v) is 9.19. The molecular formula is C26H32O2Si. The Kier molecular flexibility index (Phi) is 6.80. The normalized spacial score (nSPS) is 20.2. The molecule has 0 aromatic heterocycles. The Bertz CT molecular complexity index is 832. The van der Waals surface area contributed by atoms with E-state index in [0.29, 0.717) is 6.42 Å². The molecule has 2 nitrogen and oxygen atoms in total. The smallest absolute Gasteiger partial charge is 0.261 e. The Labute approximate surface area is 176 Å². The number of hydrogen-bond acceptors (Lipinski definition) is 2. The standard InChI is InChI=1S/C26H32O2Si/c1-5-13-22(27)20-21-14-12-19-25(21)28-29(26(2,3)4,23-15-8-6-9-16-23)24-17-10-7-11-18-24/h6-12,14-18,21-22,25,27H,19-20H2,1-4H3/t21-,22?,25-/m1/s1. The zero-order valence-corrected chi connectivity index (χ0v) is 18.9. The van der Waals surface area contributed by atoms with Crippen molar-refractivity contribution in [2.75, 3.05) is 0 Å². The number of benzene rings is 2. The zero-order valence-electron chi connectivity index (χ0n) is 17.9. The van der Waals surface area contributed by atoms with E-state index in [9.17, 15) is 5.11 Å². The Morgan fingerprint density at radius 3 is 2.07 bits per heavy atom. The van der Waals surface area contributed by atoms with Gasteiger partial charge in [0.1, 0.15) is 6.10 Å². The summed E-state index contributed by atoms with van der Waals surface area (Å²) in [6, 6.07) is 21.5. The Morgan fingerprint density at radius 2 is 1.59 bits per heavy atom. The molecule has 0 radical (unpaired) electrons. The van der Waals surface area contributed by atoms with Crippen LogP contribution < -0.4 is 10.4 Å². The number of aliphatic hydroxyl groups is 1. The van der Waals surface area contributed by atoms with Crippen molar-refractivity contribution < 1.29 is 9.53 Å². The molecule has 3 rings (SSSR count). The van der Waals surface area contributed by atoms with E-state index in [1.54, 1.807) is 6.92 Å². The van der Waals surface area contributed by atoms with Gasteiger partial charge in [0.05, 0.1) is 6.10 Å². The van der Waals surface area contributed by atoms with Gasteiger partial charge in [-0.1, -0.05) is 99.5 Å². The summed E-state index contributed by atoms with van der Waals surface area (Å²) in [6.45, 7) is 8.67. The van der Waals surface area contributed by atoms with Gasteiger partial charge in [0.2, 0.25) is 0 Å². The molecule has 1 unspecified atom stereocenters. The van der Waals surface area contributed by atoms with Crippen LogP contribution in [0.5, 0.6) is 0 Å². The lowest BCUT2D eigenvalue weighted by atomic mass is 9.99. The summed E-state index contributed by atoms with van der Waals surface area (Å²) in [5.41, 5.74) is 0. The van der Waals surface area contributed by atoms with Crippen LogP contribution in [0.15, 0.2) is 72.8 Å². The van der Waals surface area contributed by atoms with Gasteiger partial charge in [-0.25, -0.2) is 0 Å². The summed E-state index contributed by atoms with van der Waals surface area (Å²) >= 11 is 0. The summed E-state index contributed by atoms with van der Waals surface area (Å²) in [5, 5.41) is 12.8. The molecule has 2 aromatic carbocycles. The molecule has 0 spiro atoms. The second-order valence-corrected chi connectivity index (χ2v) is 13.0. The predicted molar refractivity (Wildman–Crippen MR) is 124 cm³/mol. The molecule has 0 amide bonds. The maximum absolute atomic E-state index is 10.3. The highest BCUT2D eigenvalue weighted by molar-refractivity contribution is 6.99. The molecule has 1 aliphatic rings. The molecule has 29 heavy (non-hydrogen) atoms. The minimum absolute atomic E-state index is 0.0506. The van der Waals surface area contributed by atoms with E-state index in [4.69, 9.17) is 4.43 Å². The summed E-state index contributed by atoms with van der Waals surface area (Å²) in [4.78, 5) is 0. The second-order valence-electron chi connectivity index (χ2n) is 8.79. The van der Waals surface area contributed by atoms with Gasteiger partial charge in [0.15, 0.2) is 0 Å². The van der Waals surface area contributed by atoms with Crippen LogP contribution in [0.2, 0.25) is 5.04 Å². The van der Waals surface area contributed by atoms with Gasteiger partial charge in [-0.2, -0.15) is 0 Å². The van der Waals surface area contributed by atoms with Gasteiger partial charge < -0.3 is 9.53 Å². The monoisotopic (exact) mass is 404 g/mol. The Balaban J connectivity index is 2.05. The van der Waals surface area contributed by atoms with Gasteiger partial charge in [-0.05, 0) is 35.2 Å². The third kappa shape index (κ3) is 4.56. The van der Waals surface area contributed by atoms with Crippen molar-refractivity contribution >= 4 is 18.7 Å². The second kappa shape index (κ2) is 9.13. The molecule has 152 valence electrons. The molecule has 1 N–H and O–H groups in total. The van der Waals surface area contributed by atoms with Crippen LogP contribution in [0.3, 0.4) is 0 Å². The highest BCUT2D eigenvalue weighted by Crippen LogP contribution is 2.40. The Hall–Kier alpha value is -2.12. The van der Waals surface area contributed by atoms with Crippen molar-refractivity contribution in [1.82, 2.24) is 0 Å². The topological polar surface area (TPSA) is 29.5 Å². The summed E-state index contributed by atoms with van der Waals surface area (Å²) < 4.78 is 7.24. The van der Waals surface area contributed by atoms with Crippen molar-refractivity contribution in [3.63, 3.8) is 0 Å². The molecule has 2 aromatic rings. The van der Waals surface area contributed by atoms with Gasteiger partial charge in [-0.3, -0.25) is 0 Å². The minimum Gasteiger partial charge on any atom is -0.404 e. The molecule has 0 saturated carbocycles. The molecule has 1 aliphatic carbocycles. The Morgan fingerprint density at radius 1 is 1.03 bits per heavy atom. The maximum atomic E-state index is 10.3. The lowest BCUT2D eigenvalue weighted by Crippen LogP contribution is -2.68. The summed E-state index contributed by atoms with van der Waals surface area (Å²) in [6.07, 6.45) is 5.32. The average molecular weight is 405 g/mol. The van der Waals surface area contributed by atoms with Crippen molar-refractivity contribution in [2.45, 2.75) is 57.8 Å². The summed E-state index contributed by atoms with van der Waals surface area (Å²) in [5.74, 6) is 5.87. The van der Waals surface area contributed by atoms with E-state index in [-0.39, 0.29) is 17.1 Å². The molecular weight excluding hydrogens is 372 g/mol. The van der Waals surface area contributed by atoms with E-state index in [1.807, 2.05) is 0 Å². The van der Waals surface area contributed by atoms with Crippen LogP contribution in [-0.4, -0.2) is 25.6 Å². The number of aliphatic hydroxyl groups excluding tert-OH is 1. The van der Waals surface area contributed by atoms with Gasteiger partial charge >= 0.3 is 0 Å². The lowest BCUT2D eigenvalue weighted by molar-refractivity contribution is 0.121. The third-order valence-electron chi connectivity index (χ3n) is 5.78. The van der Waals surface area contributed by atoms with E-state index < -0.39 is 14.4 Å². The van der Waals surface area contributed by atoms with Gasteiger partial charge in [-0.15, -0.1) is 5.92 Å². The molecule has 3 heteroatoms. The van der Waals surface area contributed by atoms with E-state index in [2.05, 4.69) is 105 Å². The SMILES string of the molecule is CC#CC(O)C[C@H]1C=CC[C@H]1O[Si](c1ccccc1)(c1ccccc1)C(C)(C)C. The van der Waals surface area contributed by atoms with Crippen LogP contribution in [0.4, 0.5) is 0 Å². The maximum Gasteiger partial charge on any atom is 0.261 e. The number of rotatable bonds is 6. The van der Waals surface area contributed by atoms with Crippen LogP contribution >= 0.6 is 0 Å². The van der Waals surface area contributed by atoms with Gasteiger partial charge in [0, 0.05) is 5.92 Å². The average Bonchev–Trinajstić information content (AvgIpc) is 3.13. The van der Waals surface area contributed by atoms with Crippen molar-refractivity contribution in [2.24, 2.45) is 5.92 Å². The number of hydrogen-bond donors (Lipinski definition) is 1. The third-order valence-corrected chi connectivity index (χ3v) is 10.8. The van der Waals surface area contributed by atoms with Crippen LogP contribution in [0.25, 0.3) is 0 Å². The lowest BCUT2D eigenvalue weighted by Gasteiger charge is -2.45. The van der Waals surface area contributed by atoms with E-state index in [1.165, 1.54) is 10.4 Å². The molecule has 3 atom stereocenters. The first kappa shape index (κ1) is 21.6. The van der Waals surface area contributed by atoms with Crippen molar-refractivity contribution in [3.8, 4) is 11.8 Å². The fourth-order valence-electron chi connectivity index (χ4n) is 4.45. The molecule has 0 aliphatic heterocycles. The zero-order chi connectivity index (χ0) is 20.9. The molecule has 0 fully saturated rings. The first-order chi connectivity index (χ1) is 13.9. The minimum atomic E-state index is -2.58. The van der Waals surface area contributed by atoms with Crippen LogP contribution in [0, 0.1) is 17.8 Å². The summed E-state index contributed by atoms with van der Waals surface area (Å²) in [7, 11) is -2.58. The first-order valence-corrected chi connectivity index (χ1v) is 12.3. The largest absolute Gasteiger partial charge is 0.404 e. The van der Waals surface area contributed by atoms with Crippen LogP contribution in [0.1, 0.15) is 40.5 Å². The van der Waals surface area contributed by atoms with Crippen molar-refractivity contribution in [3.05, 3.63) is 72.8 Å². The first-order valence-electron chi connectivity index (χ1n) is 10.4. The highest BCUT2D eigenvalue weighted by atomic mass is 28.4. The molecule has 0 saturated heterocycles. The van der Waals surface area contributed by atoms with E-state index in [0.717, 1.165) is 6.42 Å². The van der Waals surface area contributed by atoms with Crippen molar-refractivity contribution in [1.29, 1.82) is 0 Å². The molecule has 0 heterocycles. The van der Waals surface area contributed by atoms with E-state index >= 15 is 0 Å². The van der Waals surface area contributed by atoms with Gasteiger partial charge in [0.25, 0.3) is 8.32 Å². The van der Waals surface area contributed by atoms with Crippen LogP contribution in [-0.2, 0) is 4.43 Å². The fraction of sp³-hybridized carbons (Fsp3) is 0.385. The molecule has 0 bridgehead atoms. The quantitative estimate of drug-likeness (QED) is 0.442.